The number of nitrogens with zero attached hydrogens (tertiary/aromatic N) is 5. The Kier molecular flexibility index (Phi) is 5.00. The third-order valence-corrected chi connectivity index (χ3v) is 5.58. The number of benzene rings is 2. The predicted molar refractivity (Wildman–Crippen MR) is 115 cm³/mol. The standard InChI is InChI=1S/C20H20Cl2N6/c1-4-27(5-2)18-15-9-12(3)16(22)11-17(15)28(14-8-6-7-13(21)10-14)19(18)20-23-25-26-24-20/h6-11H,4-5H2,1-3H3,(H,23,24,25,26). The highest BCUT2D eigenvalue weighted by Crippen LogP contribution is 2.43. The maximum Gasteiger partial charge on any atom is 0.198 e. The molecule has 0 unspecified atom stereocenters. The molecule has 4 rings (SSSR count). The van der Waals surface area contributed by atoms with E-state index in [0.29, 0.717) is 15.9 Å². The second-order valence-corrected chi connectivity index (χ2v) is 7.40. The smallest absolute Gasteiger partial charge is 0.198 e. The molecule has 8 heteroatoms. The molecule has 2 aromatic heterocycles. The maximum absolute atomic E-state index is 6.51. The van der Waals surface area contributed by atoms with Gasteiger partial charge in [-0.3, -0.25) is 0 Å². The van der Waals surface area contributed by atoms with Crippen molar-refractivity contribution in [2.45, 2.75) is 20.8 Å². The van der Waals surface area contributed by atoms with Crippen molar-refractivity contribution in [3.63, 3.8) is 0 Å². The quantitative estimate of drug-likeness (QED) is 0.482. The van der Waals surface area contributed by atoms with E-state index >= 15 is 0 Å². The summed E-state index contributed by atoms with van der Waals surface area (Å²) < 4.78 is 2.11. The van der Waals surface area contributed by atoms with Crippen molar-refractivity contribution >= 4 is 39.8 Å². The zero-order chi connectivity index (χ0) is 19.8. The minimum Gasteiger partial charge on any atom is -0.370 e. The average molecular weight is 415 g/mol. The van der Waals surface area contributed by atoms with E-state index in [1.807, 2.05) is 37.3 Å². The number of aromatic amines is 1. The van der Waals surface area contributed by atoms with Crippen LogP contribution in [-0.4, -0.2) is 38.3 Å². The third kappa shape index (κ3) is 3.02. The Morgan fingerprint density at radius 2 is 1.89 bits per heavy atom. The molecular weight excluding hydrogens is 395 g/mol. The number of nitrogens with one attached hydrogen (secondary N) is 1. The molecule has 0 amide bonds. The van der Waals surface area contributed by atoms with Gasteiger partial charge in [-0.2, -0.15) is 0 Å². The molecule has 0 radical (unpaired) electrons. The summed E-state index contributed by atoms with van der Waals surface area (Å²) in [4.78, 5) is 2.30. The molecule has 1 N–H and O–H groups in total. The first-order chi connectivity index (χ1) is 13.5. The largest absolute Gasteiger partial charge is 0.370 e. The van der Waals surface area contributed by atoms with E-state index in [1.54, 1.807) is 0 Å². The number of tetrazole rings is 1. The van der Waals surface area contributed by atoms with Gasteiger partial charge in [-0.1, -0.05) is 29.3 Å². The topological polar surface area (TPSA) is 62.6 Å². The first-order valence-electron chi connectivity index (χ1n) is 9.14. The summed E-state index contributed by atoms with van der Waals surface area (Å²) in [6, 6.07) is 11.8. The first kappa shape index (κ1) is 18.8. The molecule has 0 atom stereocenters. The fraction of sp³-hybridized carbons (Fsp3) is 0.250. The zero-order valence-electron chi connectivity index (χ0n) is 15.9. The van der Waals surface area contributed by atoms with Crippen LogP contribution >= 0.6 is 23.2 Å². The molecule has 6 nitrogen and oxygen atoms in total. The highest BCUT2D eigenvalue weighted by atomic mass is 35.5. The molecule has 0 saturated carbocycles. The summed E-state index contributed by atoms with van der Waals surface area (Å²) >= 11 is 12.8. The van der Waals surface area contributed by atoms with Crippen LogP contribution in [0.3, 0.4) is 0 Å². The zero-order valence-corrected chi connectivity index (χ0v) is 17.4. The second-order valence-electron chi connectivity index (χ2n) is 6.55. The van der Waals surface area contributed by atoms with Crippen LogP contribution in [0, 0.1) is 6.92 Å². The second kappa shape index (κ2) is 7.45. The molecule has 2 heterocycles. The number of rotatable bonds is 5. The molecular formula is C20H20Cl2N6. The normalized spacial score (nSPS) is 11.3. The van der Waals surface area contributed by atoms with Crippen molar-refractivity contribution in [1.29, 1.82) is 0 Å². The average Bonchev–Trinajstić information content (AvgIpc) is 3.30. The number of hydrogen-bond acceptors (Lipinski definition) is 4. The molecule has 0 bridgehead atoms. The molecule has 2 aromatic carbocycles. The number of aryl methyl sites for hydroxylation is 1. The van der Waals surface area contributed by atoms with E-state index in [1.165, 1.54) is 0 Å². The summed E-state index contributed by atoms with van der Waals surface area (Å²) in [6.45, 7) is 7.98. The minimum absolute atomic E-state index is 0.590. The predicted octanol–water partition coefficient (Wildman–Crippen LogP) is 5.27. The van der Waals surface area contributed by atoms with E-state index in [0.717, 1.165) is 46.6 Å². The molecule has 0 saturated heterocycles. The molecule has 0 aliphatic carbocycles. The lowest BCUT2D eigenvalue weighted by Crippen LogP contribution is -2.22. The van der Waals surface area contributed by atoms with Gasteiger partial charge in [0.2, 0.25) is 0 Å². The Morgan fingerprint density at radius 3 is 2.54 bits per heavy atom. The van der Waals surface area contributed by atoms with E-state index in [9.17, 15) is 0 Å². The van der Waals surface area contributed by atoms with Gasteiger partial charge in [-0.15, -0.1) is 5.10 Å². The minimum atomic E-state index is 0.590. The van der Waals surface area contributed by atoms with E-state index in [4.69, 9.17) is 23.2 Å². The van der Waals surface area contributed by atoms with Gasteiger partial charge in [0.1, 0.15) is 5.69 Å². The van der Waals surface area contributed by atoms with Crippen LogP contribution in [0.1, 0.15) is 19.4 Å². The van der Waals surface area contributed by atoms with Crippen LogP contribution in [-0.2, 0) is 0 Å². The summed E-state index contributed by atoms with van der Waals surface area (Å²) in [6.07, 6.45) is 0. The first-order valence-corrected chi connectivity index (χ1v) is 9.90. The van der Waals surface area contributed by atoms with Gasteiger partial charge < -0.3 is 9.47 Å². The fourth-order valence-electron chi connectivity index (χ4n) is 3.62. The molecule has 0 fully saturated rings. The van der Waals surface area contributed by atoms with Crippen molar-refractivity contribution in [2.75, 3.05) is 18.0 Å². The molecule has 0 spiro atoms. The van der Waals surface area contributed by atoms with Crippen molar-refractivity contribution in [3.8, 4) is 17.2 Å². The van der Waals surface area contributed by atoms with Crippen molar-refractivity contribution in [2.24, 2.45) is 0 Å². The van der Waals surface area contributed by atoms with Crippen LogP contribution in [0.5, 0.6) is 0 Å². The SMILES string of the molecule is CCN(CC)c1c(-c2nnn[nH]2)n(-c2cccc(Cl)c2)c2cc(Cl)c(C)cc12. The number of fused-ring (bicyclic) bond motifs is 1. The van der Waals surface area contributed by atoms with Gasteiger partial charge in [-0.05, 0) is 67.1 Å². The Morgan fingerprint density at radius 1 is 1.11 bits per heavy atom. The highest BCUT2D eigenvalue weighted by molar-refractivity contribution is 6.32. The van der Waals surface area contributed by atoms with Gasteiger partial charge >= 0.3 is 0 Å². The summed E-state index contributed by atoms with van der Waals surface area (Å²) in [5.41, 5.74) is 4.87. The Labute approximate surface area is 173 Å². The van der Waals surface area contributed by atoms with Crippen LogP contribution < -0.4 is 4.90 Å². The van der Waals surface area contributed by atoms with Crippen LogP contribution in [0.25, 0.3) is 28.1 Å². The van der Waals surface area contributed by atoms with Crippen molar-refractivity contribution in [1.82, 2.24) is 25.2 Å². The van der Waals surface area contributed by atoms with Gasteiger partial charge in [0.05, 0.1) is 11.2 Å². The monoisotopic (exact) mass is 414 g/mol. The number of H-pyrrole nitrogens is 1. The van der Waals surface area contributed by atoms with Crippen molar-refractivity contribution in [3.05, 3.63) is 52.0 Å². The number of halogens is 2. The van der Waals surface area contributed by atoms with Gasteiger partial charge in [0.15, 0.2) is 5.82 Å². The van der Waals surface area contributed by atoms with Gasteiger partial charge in [0, 0.05) is 34.2 Å². The summed E-state index contributed by atoms with van der Waals surface area (Å²) in [5.74, 6) is 0.590. The molecule has 28 heavy (non-hydrogen) atoms. The highest BCUT2D eigenvalue weighted by Gasteiger charge is 2.26. The molecule has 4 aromatic rings. The lowest BCUT2D eigenvalue weighted by molar-refractivity contribution is 0.867. The number of hydrogen-bond donors (Lipinski definition) is 1. The van der Waals surface area contributed by atoms with Crippen molar-refractivity contribution < 1.29 is 0 Å². The molecule has 144 valence electrons. The van der Waals surface area contributed by atoms with E-state index < -0.39 is 0 Å². The number of anilines is 1. The van der Waals surface area contributed by atoms with Crippen LogP contribution in [0.4, 0.5) is 5.69 Å². The lowest BCUT2D eigenvalue weighted by atomic mass is 10.1. The summed E-state index contributed by atoms with van der Waals surface area (Å²) in [7, 11) is 0. The third-order valence-electron chi connectivity index (χ3n) is 4.94. The summed E-state index contributed by atoms with van der Waals surface area (Å²) in [5, 5.41) is 17.2. The van der Waals surface area contributed by atoms with Gasteiger partial charge in [0.25, 0.3) is 0 Å². The number of aromatic nitrogens is 5. The maximum atomic E-state index is 6.51. The van der Waals surface area contributed by atoms with E-state index in [-0.39, 0.29) is 0 Å². The molecule has 0 aliphatic heterocycles. The fourth-order valence-corrected chi connectivity index (χ4v) is 3.96. The Hall–Kier alpha value is -2.57. The lowest BCUT2D eigenvalue weighted by Gasteiger charge is -2.22. The Bertz CT molecular complexity index is 1130. The van der Waals surface area contributed by atoms with Crippen LogP contribution in [0.2, 0.25) is 10.0 Å². The molecule has 0 aliphatic rings. The van der Waals surface area contributed by atoms with Gasteiger partial charge in [-0.25, -0.2) is 5.10 Å². The van der Waals surface area contributed by atoms with E-state index in [2.05, 4.69) is 50.0 Å². The van der Waals surface area contributed by atoms with Crippen LogP contribution in [0.15, 0.2) is 36.4 Å². The Balaban J connectivity index is 2.20.